The lowest BCUT2D eigenvalue weighted by atomic mass is 10.1. The van der Waals surface area contributed by atoms with Crippen molar-refractivity contribution in [2.24, 2.45) is 0 Å². The third kappa shape index (κ3) is 2.87. The first-order valence-corrected chi connectivity index (χ1v) is 7.31. The van der Waals surface area contributed by atoms with Gasteiger partial charge in [0.25, 0.3) is 0 Å². The van der Waals surface area contributed by atoms with Crippen molar-refractivity contribution in [1.82, 2.24) is 9.88 Å². The first-order chi connectivity index (χ1) is 10.1. The predicted molar refractivity (Wildman–Crippen MR) is 78.6 cm³/mol. The lowest BCUT2D eigenvalue weighted by molar-refractivity contribution is 0.0696. The van der Waals surface area contributed by atoms with Crippen molar-refractivity contribution in [3.8, 4) is 0 Å². The van der Waals surface area contributed by atoms with Gasteiger partial charge in [0, 0.05) is 24.2 Å². The van der Waals surface area contributed by atoms with Gasteiger partial charge in [-0.15, -0.1) is 11.3 Å². The Morgan fingerprint density at radius 2 is 2.24 bits per heavy atom. The highest BCUT2D eigenvalue weighted by Crippen LogP contribution is 2.24. The van der Waals surface area contributed by atoms with Gasteiger partial charge >= 0.3 is 12.0 Å². The molecule has 2 aromatic rings. The molecular formula is C14H13N3O3S. The summed E-state index contributed by atoms with van der Waals surface area (Å²) in [6.45, 7) is 1.24. The monoisotopic (exact) mass is 303 g/mol. The molecule has 7 heteroatoms. The molecule has 0 saturated heterocycles. The van der Waals surface area contributed by atoms with Crippen LogP contribution in [-0.4, -0.2) is 33.5 Å². The molecular weight excluding hydrogens is 290 g/mol. The Bertz CT molecular complexity index is 698. The smallest absolute Gasteiger partial charge is 0.337 e. The quantitative estimate of drug-likeness (QED) is 0.892. The van der Waals surface area contributed by atoms with Crippen LogP contribution in [-0.2, 0) is 13.0 Å². The van der Waals surface area contributed by atoms with E-state index in [0.717, 1.165) is 6.42 Å². The SMILES string of the molecule is O=C(O)c1cncc(NC(=O)N2CCc3sccc3C2)c1. The molecule has 21 heavy (non-hydrogen) atoms. The van der Waals surface area contributed by atoms with Crippen LogP contribution in [0.2, 0.25) is 0 Å². The summed E-state index contributed by atoms with van der Waals surface area (Å²) in [6, 6.07) is 3.19. The third-order valence-corrected chi connectivity index (χ3v) is 4.35. The predicted octanol–water partition coefficient (Wildman–Crippen LogP) is 2.43. The van der Waals surface area contributed by atoms with E-state index in [9.17, 15) is 9.59 Å². The highest BCUT2D eigenvalue weighted by Gasteiger charge is 2.21. The summed E-state index contributed by atoms with van der Waals surface area (Å²) in [7, 11) is 0. The standard InChI is InChI=1S/C14H13N3O3S/c18-13(19)10-5-11(7-15-6-10)16-14(20)17-3-1-12-9(8-17)2-4-21-12/h2,4-7H,1,3,8H2,(H,16,20)(H,18,19). The molecule has 0 aliphatic carbocycles. The maximum Gasteiger partial charge on any atom is 0.337 e. The van der Waals surface area contributed by atoms with Gasteiger partial charge in [0.1, 0.15) is 0 Å². The molecule has 1 aliphatic rings. The van der Waals surface area contributed by atoms with Gasteiger partial charge < -0.3 is 15.3 Å². The molecule has 2 aromatic heterocycles. The number of aromatic nitrogens is 1. The molecule has 0 spiro atoms. The Morgan fingerprint density at radius 3 is 3.05 bits per heavy atom. The number of aromatic carboxylic acids is 1. The van der Waals surface area contributed by atoms with E-state index in [2.05, 4.69) is 10.3 Å². The van der Waals surface area contributed by atoms with Crippen molar-refractivity contribution in [1.29, 1.82) is 0 Å². The van der Waals surface area contributed by atoms with Crippen molar-refractivity contribution >= 4 is 29.0 Å². The minimum Gasteiger partial charge on any atom is -0.478 e. The summed E-state index contributed by atoms with van der Waals surface area (Å²) in [5.41, 5.74) is 1.61. The fourth-order valence-corrected chi connectivity index (χ4v) is 3.14. The largest absolute Gasteiger partial charge is 0.478 e. The molecule has 0 aromatic carbocycles. The van der Waals surface area contributed by atoms with E-state index in [1.165, 1.54) is 28.9 Å². The number of rotatable bonds is 2. The van der Waals surface area contributed by atoms with Crippen LogP contribution < -0.4 is 5.32 Å². The van der Waals surface area contributed by atoms with Crippen LogP contribution in [0.4, 0.5) is 10.5 Å². The van der Waals surface area contributed by atoms with E-state index in [4.69, 9.17) is 5.11 Å². The van der Waals surface area contributed by atoms with E-state index in [1.807, 2.05) is 11.4 Å². The van der Waals surface area contributed by atoms with Crippen molar-refractivity contribution in [3.63, 3.8) is 0 Å². The maximum absolute atomic E-state index is 12.2. The summed E-state index contributed by atoms with van der Waals surface area (Å²) < 4.78 is 0. The minimum absolute atomic E-state index is 0.0477. The Labute approximate surface area is 125 Å². The van der Waals surface area contributed by atoms with Crippen LogP contribution >= 0.6 is 11.3 Å². The average Bonchev–Trinajstić information content (AvgIpc) is 2.94. The number of thiophene rings is 1. The van der Waals surface area contributed by atoms with Crippen LogP contribution in [0.25, 0.3) is 0 Å². The number of amides is 2. The number of carbonyl (C=O) groups excluding carboxylic acids is 1. The summed E-state index contributed by atoms with van der Waals surface area (Å²) in [5.74, 6) is -1.07. The molecule has 1 aliphatic heterocycles. The second-order valence-electron chi connectivity index (χ2n) is 4.74. The lowest BCUT2D eigenvalue weighted by Crippen LogP contribution is -2.38. The molecule has 3 heterocycles. The Balaban J connectivity index is 1.70. The molecule has 0 atom stereocenters. The topological polar surface area (TPSA) is 82.5 Å². The number of fused-ring (bicyclic) bond motifs is 1. The summed E-state index contributed by atoms with van der Waals surface area (Å²) in [6.07, 6.45) is 3.54. The summed E-state index contributed by atoms with van der Waals surface area (Å²) in [5, 5.41) is 13.6. The molecule has 2 amide bonds. The molecule has 108 valence electrons. The molecule has 0 radical (unpaired) electrons. The van der Waals surface area contributed by atoms with E-state index >= 15 is 0 Å². The van der Waals surface area contributed by atoms with Gasteiger partial charge in [-0.3, -0.25) is 4.98 Å². The molecule has 3 rings (SSSR count). The molecule has 0 unspecified atom stereocenters. The Morgan fingerprint density at radius 1 is 1.38 bits per heavy atom. The zero-order chi connectivity index (χ0) is 14.8. The summed E-state index contributed by atoms with van der Waals surface area (Å²) >= 11 is 1.71. The number of nitrogens with one attached hydrogen (secondary N) is 1. The van der Waals surface area contributed by atoms with Gasteiger partial charge in [-0.2, -0.15) is 0 Å². The number of hydrogen-bond acceptors (Lipinski definition) is 4. The molecule has 2 N–H and O–H groups in total. The van der Waals surface area contributed by atoms with Crippen molar-refractivity contribution in [3.05, 3.63) is 45.9 Å². The van der Waals surface area contributed by atoms with Gasteiger partial charge in [0.2, 0.25) is 0 Å². The van der Waals surface area contributed by atoms with E-state index in [0.29, 0.717) is 18.8 Å². The number of carboxylic acids is 1. The molecule has 6 nitrogen and oxygen atoms in total. The number of carboxylic acid groups (broad SMARTS) is 1. The van der Waals surface area contributed by atoms with Crippen LogP contribution in [0.3, 0.4) is 0 Å². The van der Waals surface area contributed by atoms with E-state index < -0.39 is 5.97 Å². The zero-order valence-electron chi connectivity index (χ0n) is 11.1. The number of carbonyl (C=O) groups is 2. The van der Waals surface area contributed by atoms with Crippen molar-refractivity contribution in [2.75, 3.05) is 11.9 Å². The van der Waals surface area contributed by atoms with Crippen molar-refractivity contribution in [2.45, 2.75) is 13.0 Å². The van der Waals surface area contributed by atoms with Crippen LogP contribution in [0.5, 0.6) is 0 Å². The fraction of sp³-hybridized carbons (Fsp3) is 0.214. The highest BCUT2D eigenvalue weighted by atomic mass is 32.1. The second kappa shape index (κ2) is 5.53. The van der Waals surface area contributed by atoms with Crippen LogP contribution in [0.15, 0.2) is 29.9 Å². The molecule has 0 fully saturated rings. The maximum atomic E-state index is 12.2. The normalized spacial score (nSPS) is 13.6. The minimum atomic E-state index is -1.07. The van der Waals surface area contributed by atoms with Gasteiger partial charge in [0.15, 0.2) is 0 Å². The number of urea groups is 1. The van der Waals surface area contributed by atoms with Gasteiger partial charge in [0.05, 0.1) is 17.4 Å². The molecule has 0 bridgehead atoms. The van der Waals surface area contributed by atoms with Crippen LogP contribution in [0, 0.1) is 0 Å². The number of anilines is 1. The third-order valence-electron chi connectivity index (χ3n) is 3.33. The molecule has 0 saturated carbocycles. The average molecular weight is 303 g/mol. The number of hydrogen-bond donors (Lipinski definition) is 2. The first kappa shape index (κ1) is 13.6. The lowest BCUT2D eigenvalue weighted by Gasteiger charge is -2.27. The second-order valence-corrected chi connectivity index (χ2v) is 5.74. The zero-order valence-corrected chi connectivity index (χ0v) is 11.9. The van der Waals surface area contributed by atoms with E-state index in [1.54, 1.807) is 16.2 Å². The van der Waals surface area contributed by atoms with Gasteiger partial charge in [-0.05, 0) is 29.5 Å². The first-order valence-electron chi connectivity index (χ1n) is 6.43. The Kier molecular flexibility index (Phi) is 3.57. The van der Waals surface area contributed by atoms with Gasteiger partial charge in [-0.1, -0.05) is 0 Å². The van der Waals surface area contributed by atoms with Crippen LogP contribution in [0.1, 0.15) is 20.8 Å². The highest BCUT2D eigenvalue weighted by molar-refractivity contribution is 7.10. The van der Waals surface area contributed by atoms with E-state index in [-0.39, 0.29) is 11.6 Å². The summed E-state index contributed by atoms with van der Waals surface area (Å²) in [4.78, 5) is 30.0. The number of pyridine rings is 1. The number of nitrogens with zero attached hydrogens (tertiary/aromatic N) is 2. The van der Waals surface area contributed by atoms with Crippen molar-refractivity contribution < 1.29 is 14.7 Å². The Hall–Kier alpha value is -2.41. The van der Waals surface area contributed by atoms with Gasteiger partial charge in [-0.25, -0.2) is 9.59 Å². The fourth-order valence-electron chi connectivity index (χ4n) is 2.25.